The minimum Gasteiger partial charge on any atom is -0.464 e. The van der Waals surface area contributed by atoms with Crippen molar-refractivity contribution < 1.29 is 14.0 Å². The van der Waals surface area contributed by atoms with Gasteiger partial charge in [-0.1, -0.05) is 30.3 Å². The van der Waals surface area contributed by atoms with Crippen molar-refractivity contribution in [2.24, 2.45) is 5.92 Å². The molecule has 0 bridgehead atoms. The standard InChI is InChI=1S/C21H26N2O3/c1-16-8-9-19(26-16)14-22(2)20(24)15-23-12-10-18(11-13-23)21(25)17-6-4-3-5-7-17/h3-9,18H,10-15H2,1-2H3. The van der Waals surface area contributed by atoms with Gasteiger partial charge in [0.15, 0.2) is 5.78 Å². The van der Waals surface area contributed by atoms with E-state index in [4.69, 9.17) is 4.42 Å². The highest BCUT2D eigenvalue weighted by Crippen LogP contribution is 2.22. The number of nitrogens with zero attached hydrogens (tertiary/aromatic N) is 2. The molecule has 0 spiro atoms. The lowest BCUT2D eigenvalue weighted by molar-refractivity contribution is -0.132. The maximum Gasteiger partial charge on any atom is 0.236 e. The topological polar surface area (TPSA) is 53.8 Å². The Kier molecular flexibility index (Phi) is 5.89. The molecule has 5 heteroatoms. The summed E-state index contributed by atoms with van der Waals surface area (Å²) in [5.41, 5.74) is 0.788. The summed E-state index contributed by atoms with van der Waals surface area (Å²) in [6, 6.07) is 13.3. The van der Waals surface area contributed by atoms with Crippen LogP contribution in [0.2, 0.25) is 0 Å². The lowest BCUT2D eigenvalue weighted by Gasteiger charge is -2.31. The number of carbonyl (C=O) groups excluding carboxylic acids is 2. The third kappa shape index (κ3) is 4.61. The summed E-state index contributed by atoms with van der Waals surface area (Å²) >= 11 is 0. The van der Waals surface area contributed by atoms with Crippen LogP contribution >= 0.6 is 0 Å². The molecule has 0 atom stereocenters. The Morgan fingerprint density at radius 2 is 1.81 bits per heavy atom. The molecule has 1 fully saturated rings. The summed E-state index contributed by atoms with van der Waals surface area (Å²) in [6.07, 6.45) is 1.62. The molecule has 1 amide bonds. The molecule has 1 aliphatic heterocycles. The molecule has 3 rings (SSSR count). The predicted octanol–water partition coefficient (Wildman–Crippen LogP) is 3.14. The Hall–Kier alpha value is -2.40. The van der Waals surface area contributed by atoms with Gasteiger partial charge in [-0.25, -0.2) is 0 Å². The van der Waals surface area contributed by atoms with Gasteiger partial charge in [-0.05, 0) is 45.0 Å². The van der Waals surface area contributed by atoms with Gasteiger partial charge in [0.1, 0.15) is 11.5 Å². The molecular formula is C21H26N2O3. The molecule has 1 saturated heterocycles. The van der Waals surface area contributed by atoms with Crippen molar-refractivity contribution >= 4 is 11.7 Å². The SMILES string of the molecule is Cc1ccc(CN(C)C(=O)CN2CCC(C(=O)c3ccccc3)CC2)o1. The van der Waals surface area contributed by atoms with E-state index in [0.717, 1.165) is 43.0 Å². The fourth-order valence-electron chi connectivity index (χ4n) is 3.40. The van der Waals surface area contributed by atoms with Crippen LogP contribution in [0.4, 0.5) is 0 Å². The van der Waals surface area contributed by atoms with E-state index in [1.807, 2.05) is 49.4 Å². The van der Waals surface area contributed by atoms with E-state index in [0.29, 0.717) is 13.1 Å². The van der Waals surface area contributed by atoms with Crippen LogP contribution in [-0.4, -0.2) is 48.2 Å². The van der Waals surface area contributed by atoms with Crippen LogP contribution < -0.4 is 0 Å². The number of likely N-dealkylation sites (tertiary alicyclic amines) is 1. The van der Waals surface area contributed by atoms with Crippen molar-refractivity contribution in [3.63, 3.8) is 0 Å². The molecule has 2 aromatic rings. The van der Waals surface area contributed by atoms with E-state index in [1.54, 1.807) is 11.9 Å². The summed E-state index contributed by atoms with van der Waals surface area (Å²) in [4.78, 5) is 28.8. The summed E-state index contributed by atoms with van der Waals surface area (Å²) in [5, 5.41) is 0. The third-order valence-electron chi connectivity index (χ3n) is 4.99. The molecule has 0 unspecified atom stereocenters. The van der Waals surface area contributed by atoms with Gasteiger partial charge in [-0.15, -0.1) is 0 Å². The fraction of sp³-hybridized carbons (Fsp3) is 0.429. The van der Waals surface area contributed by atoms with Gasteiger partial charge >= 0.3 is 0 Å². The van der Waals surface area contributed by atoms with E-state index < -0.39 is 0 Å². The van der Waals surface area contributed by atoms with Crippen LogP contribution in [0.15, 0.2) is 46.9 Å². The molecule has 0 N–H and O–H groups in total. The average molecular weight is 354 g/mol. The van der Waals surface area contributed by atoms with Gasteiger partial charge in [-0.2, -0.15) is 0 Å². The second-order valence-corrected chi connectivity index (χ2v) is 7.04. The molecule has 5 nitrogen and oxygen atoms in total. The quantitative estimate of drug-likeness (QED) is 0.748. The molecule has 1 aromatic heterocycles. The monoisotopic (exact) mass is 354 g/mol. The number of aryl methyl sites for hydroxylation is 1. The number of amides is 1. The van der Waals surface area contributed by atoms with Crippen LogP contribution in [0.1, 0.15) is 34.7 Å². The van der Waals surface area contributed by atoms with Crippen molar-refractivity contribution in [1.82, 2.24) is 9.80 Å². The first-order valence-corrected chi connectivity index (χ1v) is 9.14. The molecule has 1 aromatic carbocycles. The second-order valence-electron chi connectivity index (χ2n) is 7.04. The number of Topliss-reactive ketones (excluding diaryl/α,β-unsaturated/α-hetero) is 1. The molecule has 2 heterocycles. The zero-order chi connectivity index (χ0) is 18.5. The smallest absolute Gasteiger partial charge is 0.236 e. The van der Waals surface area contributed by atoms with Crippen molar-refractivity contribution in [2.45, 2.75) is 26.3 Å². The molecule has 138 valence electrons. The molecule has 26 heavy (non-hydrogen) atoms. The Morgan fingerprint density at radius 3 is 2.42 bits per heavy atom. The Balaban J connectivity index is 1.46. The van der Waals surface area contributed by atoms with Crippen LogP contribution in [0.3, 0.4) is 0 Å². The molecule has 0 radical (unpaired) electrons. The van der Waals surface area contributed by atoms with E-state index in [9.17, 15) is 9.59 Å². The van der Waals surface area contributed by atoms with E-state index >= 15 is 0 Å². The third-order valence-corrected chi connectivity index (χ3v) is 4.99. The number of carbonyl (C=O) groups is 2. The van der Waals surface area contributed by atoms with Crippen LogP contribution in [-0.2, 0) is 11.3 Å². The fourth-order valence-corrected chi connectivity index (χ4v) is 3.40. The highest BCUT2D eigenvalue weighted by Gasteiger charge is 2.27. The van der Waals surface area contributed by atoms with Gasteiger partial charge in [0, 0.05) is 18.5 Å². The number of furan rings is 1. The average Bonchev–Trinajstić information content (AvgIpc) is 3.07. The number of ketones is 1. The lowest BCUT2D eigenvalue weighted by atomic mass is 9.89. The van der Waals surface area contributed by atoms with Crippen LogP contribution in [0.25, 0.3) is 0 Å². The first-order chi connectivity index (χ1) is 12.5. The van der Waals surface area contributed by atoms with E-state index in [1.165, 1.54) is 0 Å². The van der Waals surface area contributed by atoms with Crippen molar-refractivity contribution in [3.05, 3.63) is 59.5 Å². The van der Waals surface area contributed by atoms with E-state index in [2.05, 4.69) is 4.90 Å². The van der Waals surface area contributed by atoms with Gasteiger partial charge in [-0.3, -0.25) is 14.5 Å². The first-order valence-electron chi connectivity index (χ1n) is 9.14. The maximum absolute atomic E-state index is 12.5. The highest BCUT2D eigenvalue weighted by molar-refractivity contribution is 5.97. The molecule has 1 aliphatic rings. The first kappa shape index (κ1) is 18.4. The number of hydrogen-bond acceptors (Lipinski definition) is 4. The minimum atomic E-state index is 0.0626. The van der Waals surface area contributed by atoms with Gasteiger partial charge in [0.05, 0.1) is 13.1 Å². The normalized spacial score (nSPS) is 15.8. The Labute approximate surface area is 154 Å². The summed E-state index contributed by atoms with van der Waals surface area (Å²) in [5.74, 6) is 2.01. The zero-order valence-electron chi connectivity index (χ0n) is 15.5. The van der Waals surface area contributed by atoms with E-state index in [-0.39, 0.29) is 17.6 Å². The number of rotatable bonds is 6. The molecular weight excluding hydrogens is 328 g/mol. The Bertz CT molecular complexity index is 746. The predicted molar refractivity (Wildman–Crippen MR) is 99.9 cm³/mol. The van der Waals surface area contributed by atoms with Crippen LogP contribution in [0, 0.1) is 12.8 Å². The number of piperidine rings is 1. The molecule has 0 aliphatic carbocycles. The number of benzene rings is 1. The van der Waals surface area contributed by atoms with Crippen molar-refractivity contribution in [2.75, 3.05) is 26.7 Å². The minimum absolute atomic E-state index is 0.0626. The van der Waals surface area contributed by atoms with Gasteiger partial charge in [0.2, 0.25) is 5.91 Å². The number of hydrogen-bond donors (Lipinski definition) is 0. The molecule has 0 saturated carbocycles. The lowest BCUT2D eigenvalue weighted by Crippen LogP contribution is -2.43. The summed E-state index contributed by atoms with van der Waals surface area (Å²) in [7, 11) is 1.80. The zero-order valence-corrected chi connectivity index (χ0v) is 15.5. The maximum atomic E-state index is 12.5. The largest absolute Gasteiger partial charge is 0.464 e. The summed E-state index contributed by atoms with van der Waals surface area (Å²) in [6.45, 7) is 4.33. The highest BCUT2D eigenvalue weighted by atomic mass is 16.3. The van der Waals surface area contributed by atoms with Crippen molar-refractivity contribution in [1.29, 1.82) is 0 Å². The van der Waals surface area contributed by atoms with Crippen molar-refractivity contribution in [3.8, 4) is 0 Å². The van der Waals surface area contributed by atoms with Gasteiger partial charge in [0.25, 0.3) is 0 Å². The Morgan fingerprint density at radius 1 is 1.12 bits per heavy atom. The number of likely N-dealkylation sites (N-methyl/N-ethyl adjacent to an activating group) is 1. The summed E-state index contributed by atoms with van der Waals surface area (Å²) < 4.78 is 5.53. The second kappa shape index (κ2) is 8.32. The van der Waals surface area contributed by atoms with Gasteiger partial charge < -0.3 is 9.32 Å². The van der Waals surface area contributed by atoms with Crippen LogP contribution in [0.5, 0.6) is 0 Å².